The van der Waals surface area contributed by atoms with Crippen LogP contribution in [0.5, 0.6) is 0 Å². The summed E-state index contributed by atoms with van der Waals surface area (Å²) >= 11 is -4.36. The Morgan fingerprint density at radius 2 is 1.90 bits per heavy atom. The number of rotatable bonds is 5. The van der Waals surface area contributed by atoms with Crippen LogP contribution in [0.4, 0.5) is 0 Å². The normalized spacial score (nSPS) is 23.4. The predicted octanol–water partition coefficient (Wildman–Crippen LogP) is 3.16. The van der Waals surface area contributed by atoms with Gasteiger partial charge in [-0.25, -0.2) is 0 Å². The van der Waals surface area contributed by atoms with Crippen LogP contribution in [0.25, 0.3) is 0 Å². The summed E-state index contributed by atoms with van der Waals surface area (Å²) in [6.07, 6.45) is 4.54. The second-order valence-electron chi connectivity index (χ2n) is 5.85. The van der Waals surface area contributed by atoms with E-state index >= 15 is 0 Å². The fourth-order valence-corrected chi connectivity index (χ4v) is 6.82. The molecule has 1 aliphatic carbocycles. The molecule has 3 nitrogen and oxygen atoms in total. The predicted molar refractivity (Wildman–Crippen MR) is 84.2 cm³/mol. The SMILES string of the molecule is CCCCC1(O)CCCC([Se](=O)(=O)c2ccccc2)=C1C. The first-order valence-corrected chi connectivity index (χ1v) is 10.8. The van der Waals surface area contributed by atoms with Crippen LogP contribution in [-0.2, 0) is 7.67 Å². The molecule has 0 bridgehead atoms. The van der Waals surface area contributed by atoms with E-state index in [0.29, 0.717) is 33.8 Å². The molecule has 1 atom stereocenters. The summed E-state index contributed by atoms with van der Waals surface area (Å²) in [5, 5.41) is 10.8. The van der Waals surface area contributed by atoms with Gasteiger partial charge in [-0.2, -0.15) is 0 Å². The van der Waals surface area contributed by atoms with Crippen molar-refractivity contribution in [2.75, 3.05) is 0 Å². The summed E-state index contributed by atoms with van der Waals surface area (Å²) in [5.74, 6) is 0. The average Bonchev–Trinajstić information content (AvgIpc) is 2.49. The number of hydrogen-bond acceptors (Lipinski definition) is 3. The molecule has 0 aromatic heterocycles. The summed E-state index contributed by atoms with van der Waals surface area (Å²) in [4.78, 5) is 0. The van der Waals surface area contributed by atoms with E-state index in [1.807, 2.05) is 6.07 Å². The Bertz CT molecular complexity index is 617. The number of benzene rings is 1. The van der Waals surface area contributed by atoms with Crippen LogP contribution in [-0.4, -0.2) is 23.4 Å². The number of hydrogen-bond donors (Lipinski definition) is 1. The van der Waals surface area contributed by atoms with Crippen LogP contribution < -0.4 is 4.46 Å². The van der Waals surface area contributed by atoms with Gasteiger partial charge in [0.1, 0.15) is 0 Å². The van der Waals surface area contributed by atoms with E-state index in [2.05, 4.69) is 6.92 Å². The Labute approximate surface area is 128 Å². The van der Waals surface area contributed by atoms with E-state index in [-0.39, 0.29) is 0 Å². The molecule has 0 aliphatic heterocycles. The van der Waals surface area contributed by atoms with Crippen molar-refractivity contribution in [1.82, 2.24) is 0 Å². The van der Waals surface area contributed by atoms with Gasteiger partial charge in [-0.1, -0.05) is 0 Å². The molecule has 0 radical (unpaired) electrons. The molecule has 1 aliphatic rings. The average molecular weight is 355 g/mol. The zero-order chi connectivity index (χ0) is 15.5. The fourth-order valence-electron chi connectivity index (χ4n) is 3.04. The summed E-state index contributed by atoms with van der Waals surface area (Å²) in [6, 6.07) is 8.62. The first kappa shape index (κ1) is 16.4. The van der Waals surface area contributed by atoms with Crippen molar-refractivity contribution >= 4 is 17.2 Å². The zero-order valence-electron chi connectivity index (χ0n) is 12.8. The molecular formula is C17H24O3Se. The van der Waals surface area contributed by atoms with E-state index in [1.54, 1.807) is 31.2 Å². The fraction of sp³-hybridized carbons (Fsp3) is 0.529. The first-order chi connectivity index (χ1) is 9.92. The maximum atomic E-state index is 12.9. The molecule has 0 saturated carbocycles. The van der Waals surface area contributed by atoms with Crippen molar-refractivity contribution in [2.45, 2.75) is 58.0 Å². The van der Waals surface area contributed by atoms with Crippen molar-refractivity contribution in [3.8, 4) is 0 Å². The summed E-state index contributed by atoms with van der Waals surface area (Å²) in [6.45, 7) is 3.88. The summed E-state index contributed by atoms with van der Waals surface area (Å²) in [5.41, 5.74) is -0.258. The molecule has 1 unspecified atom stereocenters. The number of allylic oxidation sites excluding steroid dienone is 1. The van der Waals surface area contributed by atoms with Crippen molar-refractivity contribution in [2.24, 2.45) is 0 Å². The van der Waals surface area contributed by atoms with E-state index in [1.165, 1.54) is 0 Å². The van der Waals surface area contributed by atoms with Gasteiger partial charge in [-0.3, -0.25) is 0 Å². The second kappa shape index (κ2) is 6.43. The van der Waals surface area contributed by atoms with Crippen molar-refractivity contribution in [3.63, 3.8) is 0 Å². The molecule has 0 fully saturated rings. The molecule has 1 N–H and O–H groups in total. The quantitative estimate of drug-likeness (QED) is 0.826. The van der Waals surface area contributed by atoms with Gasteiger partial charge in [-0.15, -0.1) is 0 Å². The molecule has 21 heavy (non-hydrogen) atoms. The molecule has 0 amide bonds. The maximum absolute atomic E-state index is 12.9. The molecule has 4 heteroatoms. The van der Waals surface area contributed by atoms with Gasteiger partial charge in [-0.05, 0) is 0 Å². The van der Waals surface area contributed by atoms with Gasteiger partial charge < -0.3 is 0 Å². The van der Waals surface area contributed by atoms with Gasteiger partial charge in [0.2, 0.25) is 0 Å². The first-order valence-electron chi connectivity index (χ1n) is 7.64. The Kier molecular flexibility index (Phi) is 5.03. The van der Waals surface area contributed by atoms with Crippen LogP contribution in [0.2, 0.25) is 0 Å². The van der Waals surface area contributed by atoms with Gasteiger partial charge in [0.15, 0.2) is 0 Å². The van der Waals surface area contributed by atoms with Crippen LogP contribution in [0, 0.1) is 0 Å². The standard InChI is InChI=1S/C17H24O3Se/c1-3-4-12-17(18)13-8-11-16(14(17)2)21(19,20)15-9-6-5-7-10-15/h5-7,9-10,18H,3-4,8,11-13H2,1-2H3. The third kappa shape index (κ3) is 3.28. The Balaban J connectivity index is 2.44. The topological polar surface area (TPSA) is 54.4 Å². The van der Waals surface area contributed by atoms with E-state index in [0.717, 1.165) is 19.3 Å². The second-order valence-corrected chi connectivity index (χ2v) is 9.99. The third-order valence-electron chi connectivity index (χ3n) is 4.43. The monoisotopic (exact) mass is 356 g/mol. The van der Waals surface area contributed by atoms with Gasteiger partial charge in [0.05, 0.1) is 0 Å². The van der Waals surface area contributed by atoms with Gasteiger partial charge in [0.25, 0.3) is 0 Å². The van der Waals surface area contributed by atoms with E-state index in [4.69, 9.17) is 0 Å². The zero-order valence-corrected chi connectivity index (χ0v) is 14.5. The van der Waals surface area contributed by atoms with Crippen molar-refractivity contribution in [1.29, 1.82) is 0 Å². The van der Waals surface area contributed by atoms with Crippen molar-refractivity contribution < 1.29 is 12.8 Å². The minimum atomic E-state index is -4.36. The van der Waals surface area contributed by atoms with Gasteiger partial charge in [0, 0.05) is 0 Å². The van der Waals surface area contributed by atoms with Gasteiger partial charge >= 0.3 is 128 Å². The Morgan fingerprint density at radius 1 is 1.24 bits per heavy atom. The van der Waals surface area contributed by atoms with Crippen LogP contribution in [0.1, 0.15) is 52.4 Å². The molecule has 1 aromatic carbocycles. The number of aliphatic hydroxyl groups is 1. The molecule has 0 saturated heterocycles. The molecule has 116 valence electrons. The Hall–Kier alpha value is -0.961. The van der Waals surface area contributed by atoms with Crippen LogP contribution in [0.15, 0.2) is 40.4 Å². The van der Waals surface area contributed by atoms with E-state index < -0.39 is 18.3 Å². The van der Waals surface area contributed by atoms with Crippen LogP contribution in [0.3, 0.4) is 0 Å². The summed E-state index contributed by atoms with van der Waals surface area (Å²) in [7, 11) is 0. The van der Waals surface area contributed by atoms with E-state index in [9.17, 15) is 12.8 Å². The minimum absolute atomic E-state index is 0.392. The number of unbranched alkanes of at least 4 members (excludes halogenated alkanes) is 1. The summed E-state index contributed by atoms with van der Waals surface area (Å²) < 4.78 is 26.6. The molecule has 0 heterocycles. The molecule has 2 rings (SSSR count). The Morgan fingerprint density at radius 3 is 2.52 bits per heavy atom. The molecular weight excluding hydrogens is 331 g/mol. The third-order valence-corrected chi connectivity index (χ3v) is 8.74. The van der Waals surface area contributed by atoms with Crippen LogP contribution >= 0.6 is 0 Å². The molecule has 0 spiro atoms. The van der Waals surface area contributed by atoms with Crippen molar-refractivity contribution in [3.05, 3.63) is 40.4 Å². The molecule has 1 aromatic rings.